The average molecular weight is 316 g/mol. The monoisotopic (exact) mass is 316 g/mol. The van der Waals surface area contributed by atoms with Crippen molar-refractivity contribution in [1.29, 1.82) is 0 Å². The molecular formula is C11H16N4O5S. The van der Waals surface area contributed by atoms with E-state index >= 15 is 0 Å². The van der Waals surface area contributed by atoms with E-state index in [2.05, 4.69) is 16.0 Å². The number of amides is 5. The van der Waals surface area contributed by atoms with E-state index in [1.165, 1.54) is 0 Å². The Morgan fingerprint density at radius 2 is 1.81 bits per heavy atom. The van der Waals surface area contributed by atoms with Gasteiger partial charge in [-0.3, -0.25) is 28.9 Å². The second kappa shape index (κ2) is 8.95. The standard InChI is InChI=1S/C11H16N4O5S/c16-7-12-2-1-3-13-9(18)10(19)14-4-5-15-8(17)6-21-11(15)20/h7H,1-6H2,(H,12,16)(H,13,18)(H,14,19). The normalized spacial score (nSPS) is 14.0. The second-order valence-corrected chi connectivity index (χ2v) is 4.96. The second-order valence-electron chi connectivity index (χ2n) is 4.04. The highest BCUT2D eigenvalue weighted by Crippen LogP contribution is 2.17. The van der Waals surface area contributed by atoms with Crippen LogP contribution in [-0.2, 0) is 19.2 Å². The number of imide groups is 1. The minimum Gasteiger partial charge on any atom is -0.359 e. The lowest BCUT2D eigenvalue weighted by atomic mass is 10.4. The van der Waals surface area contributed by atoms with Gasteiger partial charge in [0.2, 0.25) is 12.3 Å². The van der Waals surface area contributed by atoms with E-state index in [0.717, 1.165) is 16.7 Å². The predicted molar refractivity (Wildman–Crippen MR) is 74.3 cm³/mol. The molecule has 1 aliphatic rings. The zero-order valence-corrected chi connectivity index (χ0v) is 12.0. The summed E-state index contributed by atoms with van der Waals surface area (Å²) < 4.78 is 0. The first-order valence-corrected chi connectivity index (χ1v) is 7.25. The largest absolute Gasteiger partial charge is 0.359 e. The lowest BCUT2D eigenvalue weighted by Crippen LogP contribution is -2.44. The van der Waals surface area contributed by atoms with Gasteiger partial charge in [0, 0.05) is 26.2 Å². The number of hydrogen-bond acceptors (Lipinski definition) is 6. The Labute approximate surface area is 125 Å². The molecule has 0 aromatic carbocycles. The van der Waals surface area contributed by atoms with E-state index in [9.17, 15) is 24.0 Å². The summed E-state index contributed by atoms with van der Waals surface area (Å²) in [5.41, 5.74) is 0. The van der Waals surface area contributed by atoms with Crippen molar-refractivity contribution in [2.45, 2.75) is 6.42 Å². The summed E-state index contributed by atoms with van der Waals surface area (Å²) in [5.74, 6) is -1.81. The van der Waals surface area contributed by atoms with E-state index in [0.29, 0.717) is 19.4 Å². The van der Waals surface area contributed by atoms with E-state index < -0.39 is 11.8 Å². The molecule has 10 heteroatoms. The summed E-state index contributed by atoms with van der Waals surface area (Å²) in [4.78, 5) is 56.3. The molecule has 0 aromatic rings. The van der Waals surface area contributed by atoms with Gasteiger partial charge in [-0.25, -0.2) is 0 Å². The molecule has 0 saturated carbocycles. The molecule has 0 spiro atoms. The van der Waals surface area contributed by atoms with Crippen molar-refractivity contribution in [3.05, 3.63) is 0 Å². The zero-order chi connectivity index (χ0) is 15.7. The summed E-state index contributed by atoms with van der Waals surface area (Å²) >= 11 is 0.911. The summed E-state index contributed by atoms with van der Waals surface area (Å²) in [6.07, 6.45) is 1.06. The van der Waals surface area contributed by atoms with Crippen molar-refractivity contribution >= 4 is 41.1 Å². The molecule has 3 N–H and O–H groups in total. The number of nitrogens with zero attached hydrogens (tertiary/aromatic N) is 1. The third-order valence-corrected chi connectivity index (χ3v) is 3.39. The molecule has 21 heavy (non-hydrogen) atoms. The van der Waals surface area contributed by atoms with E-state index in [1.807, 2.05) is 0 Å². The predicted octanol–water partition coefficient (Wildman–Crippen LogP) is -1.95. The number of rotatable bonds is 8. The number of carbonyl (C=O) groups excluding carboxylic acids is 5. The van der Waals surface area contributed by atoms with Gasteiger partial charge in [-0.05, 0) is 6.42 Å². The summed E-state index contributed by atoms with van der Waals surface area (Å²) in [6, 6.07) is 0. The maximum atomic E-state index is 11.4. The van der Waals surface area contributed by atoms with Crippen molar-refractivity contribution in [3.8, 4) is 0 Å². The molecule has 5 amide bonds. The fourth-order valence-corrected chi connectivity index (χ4v) is 2.24. The van der Waals surface area contributed by atoms with Crippen molar-refractivity contribution in [2.75, 3.05) is 31.9 Å². The van der Waals surface area contributed by atoms with Crippen LogP contribution in [0.25, 0.3) is 0 Å². The third-order valence-electron chi connectivity index (χ3n) is 2.53. The molecule has 0 bridgehead atoms. The first-order valence-electron chi connectivity index (χ1n) is 6.26. The van der Waals surface area contributed by atoms with Gasteiger partial charge in [0.15, 0.2) is 0 Å². The van der Waals surface area contributed by atoms with Crippen LogP contribution < -0.4 is 16.0 Å². The van der Waals surface area contributed by atoms with Gasteiger partial charge in [-0.1, -0.05) is 11.8 Å². The van der Waals surface area contributed by atoms with Crippen LogP contribution in [0.4, 0.5) is 4.79 Å². The van der Waals surface area contributed by atoms with E-state index in [1.54, 1.807) is 0 Å². The Hall–Kier alpha value is -2.10. The zero-order valence-electron chi connectivity index (χ0n) is 11.2. The molecule has 1 heterocycles. The molecule has 0 aromatic heterocycles. The molecule has 116 valence electrons. The molecule has 9 nitrogen and oxygen atoms in total. The maximum absolute atomic E-state index is 11.4. The Morgan fingerprint density at radius 1 is 1.14 bits per heavy atom. The van der Waals surface area contributed by atoms with Crippen molar-refractivity contribution in [2.24, 2.45) is 0 Å². The van der Waals surface area contributed by atoms with Crippen LogP contribution in [-0.4, -0.2) is 66.2 Å². The van der Waals surface area contributed by atoms with Crippen LogP contribution >= 0.6 is 11.8 Å². The van der Waals surface area contributed by atoms with E-state index in [4.69, 9.17) is 0 Å². The quantitative estimate of drug-likeness (QED) is 0.272. The van der Waals surface area contributed by atoms with Gasteiger partial charge in [0.25, 0.3) is 5.24 Å². The minimum absolute atomic E-state index is 0.0248. The van der Waals surface area contributed by atoms with Gasteiger partial charge in [0.1, 0.15) is 0 Å². The Bertz CT molecular complexity index is 426. The van der Waals surface area contributed by atoms with Crippen LogP contribution in [0.1, 0.15) is 6.42 Å². The van der Waals surface area contributed by atoms with Gasteiger partial charge in [0.05, 0.1) is 5.75 Å². The Kier molecular flexibility index (Phi) is 7.23. The SMILES string of the molecule is O=CNCCCNC(=O)C(=O)NCCN1C(=O)CSC1=O. The summed E-state index contributed by atoms with van der Waals surface area (Å²) in [5, 5.41) is 6.78. The van der Waals surface area contributed by atoms with Crippen molar-refractivity contribution < 1.29 is 24.0 Å². The molecule has 1 saturated heterocycles. The number of carbonyl (C=O) groups is 5. The molecule has 0 aliphatic carbocycles. The molecule has 0 radical (unpaired) electrons. The van der Waals surface area contributed by atoms with Gasteiger partial charge < -0.3 is 16.0 Å². The van der Waals surface area contributed by atoms with Gasteiger partial charge in [-0.15, -0.1) is 0 Å². The highest BCUT2D eigenvalue weighted by atomic mass is 32.2. The fourth-order valence-electron chi connectivity index (χ4n) is 1.49. The smallest absolute Gasteiger partial charge is 0.309 e. The number of hydrogen-bond donors (Lipinski definition) is 3. The lowest BCUT2D eigenvalue weighted by molar-refractivity contribution is -0.139. The molecule has 1 rings (SSSR count). The molecule has 1 fully saturated rings. The van der Waals surface area contributed by atoms with Gasteiger partial charge >= 0.3 is 11.8 Å². The van der Waals surface area contributed by atoms with E-state index in [-0.39, 0.29) is 36.5 Å². The topological polar surface area (TPSA) is 125 Å². The van der Waals surface area contributed by atoms with Crippen LogP contribution in [0, 0.1) is 0 Å². The van der Waals surface area contributed by atoms with Crippen LogP contribution in [0.3, 0.4) is 0 Å². The summed E-state index contributed by atoms with van der Waals surface area (Å²) in [7, 11) is 0. The number of nitrogens with one attached hydrogen (secondary N) is 3. The molecule has 0 unspecified atom stereocenters. The average Bonchev–Trinajstić information content (AvgIpc) is 2.78. The van der Waals surface area contributed by atoms with Crippen LogP contribution in [0.15, 0.2) is 0 Å². The molecular weight excluding hydrogens is 300 g/mol. The highest BCUT2D eigenvalue weighted by Gasteiger charge is 2.29. The van der Waals surface area contributed by atoms with Gasteiger partial charge in [-0.2, -0.15) is 0 Å². The highest BCUT2D eigenvalue weighted by molar-refractivity contribution is 8.14. The first-order chi connectivity index (χ1) is 10.1. The Balaban J connectivity index is 2.15. The lowest BCUT2D eigenvalue weighted by Gasteiger charge is -2.12. The molecule has 0 atom stereocenters. The Morgan fingerprint density at radius 3 is 2.38 bits per heavy atom. The summed E-state index contributed by atoms with van der Waals surface area (Å²) in [6.45, 7) is 0.735. The van der Waals surface area contributed by atoms with Crippen molar-refractivity contribution in [1.82, 2.24) is 20.9 Å². The van der Waals surface area contributed by atoms with Crippen molar-refractivity contribution in [3.63, 3.8) is 0 Å². The third kappa shape index (κ3) is 5.81. The first kappa shape index (κ1) is 17.0. The maximum Gasteiger partial charge on any atom is 0.309 e. The molecule has 1 aliphatic heterocycles. The minimum atomic E-state index is -0.829. The fraction of sp³-hybridized carbons (Fsp3) is 0.545. The number of thioether (sulfide) groups is 1. The van der Waals surface area contributed by atoms with Crippen LogP contribution in [0.5, 0.6) is 0 Å². The van der Waals surface area contributed by atoms with Crippen LogP contribution in [0.2, 0.25) is 0 Å².